The van der Waals surface area contributed by atoms with Crippen molar-refractivity contribution < 1.29 is 14.1 Å². The number of aromatic nitrogens is 3. The third-order valence-electron chi connectivity index (χ3n) is 4.72. The van der Waals surface area contributed by atoms with E-state index in [-0.39, 0.29) is 12.0 Å². The van der Waals surface area contributed by atoms with E-state index in [2.05, 4.69) is 16.7 Å². The molecule has 1 N–H and O–H groups in total. The van der Waals surface area contributed by atoms with E-state index in [4.69, 9.17) is 14.4 Å². The Morgan fingerprint density at radius 2 is 2.25 bits per heavy atom. The molecule has 0 spiro atoms. The van der Waals surface area contributed by atoms with Gasteiger partial charge in [-0.3, -0.25) is 9.48 Å². The highest BCUT2D eigenvalue weighted by molar-refractivity contribution is 5.96. The average Bonchev–Trinajstić information content (AvgIpc) is 3.16. The predicted molar refractivity (Wildman–Crippen MR) is 85.7 cm³/mol. The van der Waals surface area contributed by atoms with Gasteiger partial charge in [0.05, 0.1) is 18.0 Å². The summed E-state index contributed by atoms with van der Waals surface area (Å²) in [6.45, 7) is 5.55. The van der Waals surface area contributed by atoms with E-state index in [1.54, 1.807) is 13.8 Å². The van der Waals surface area contributed by atoms with Crippen molar-refractivity contribution in [1.82, 2.24) is 20.3 Å². The lowest BCUT2D eigenvalue weighted by Gasteiger charge is -2.22. The highest BCUT2D eigenvalue weighted by atomic mass is 16.5. The van der Waals surface area contributed by atoms with Crippen LogP contribution in [0.4, 0.5) is 0 Å². The Labute approximate surface area is 140 Å². The summed E-state index contributed by atoms with van der Waals surface area (Å²) < 4.78 is 12.9. The molecular weight excluding hydrogens is 308 g/mol. The van der Waals surface area contributed by atoms with Crippen LogP contribution < -0.4 is 5.32 Å². The number of hydrogen-bond donors (Lipinski definition) is 1. The van der Waals surface area contributed by atoms with Crippen molar-refractivity contribution in [1.29, 1.82) is 0 Å². The highest BCUT2D eigenvalue weighted by Gasteiger charge is 2.28. The van der Waals surface area contributed by atoms with E-state index < -0.39 is 0 Å². The van der Waals surface area contributed by atoms with Gasteiger partial charge in [0.1, 0.15) is 17.4 Å². The Kier molecular flexibility index (Phi) is 3.88. The van der Waals surface area contributed by atoms with Crippen molar-refractivity contribution in [2.75, 3.05) is 13.2 Å². The van der Waals surface area contributed by atoms with Crippen molar-refractivity contribution in [3.05, 3.63) is 34.5 Å². The number of amides is 1. The van der Waals surface area contributed by atoms with Crippen LogP contribution in [0.5, 0.6) is 0 Å². The molecule has 2 aliphatic rings. The molecule has 7 heteroatoms. The number of nitrogens with one attached hydrogen (secondary N) is 1. The second kappa shape index (κ2) is 6.05. The summed E-state index contributed by atoms with van der Waals surface area (Å²) in [7, 11) is 0. The first-order valence-corrected chi connectivity index (χ1v) is 8.50. The van der Waals surface area contributed by atoms with Gasteiger partial charge in [-0.25, -0.2) is 0 Å². The number of fused-ring (bicyclic) bond motifs is 1. The van der Waals surface area contributed by atoms with Gasteiger partial charge < -0.3 is 14.6 Å². The largest absolute Gasteiger partial charge is 0.370 e. The Morgan fingerprint density at radius 3 is 2.96 bits per heavy atom. The molecule has 1 unspecified atom stereocenters. The first-order chi connectivity index (χ1) is 11.6. The molecule has 4 rings (SSSR count). The number of nitrogens with zero attached hydrogens (tertiary/aromatic N) is 3. The summed E-state index contributed by atoms with van der Waals surface area (Å²) in [5.41, 5.74) is 3.30. The van der Waals surface area contributed by atoms with Crippen LogP contribution in [0.2, 0.25) is 0 Å². The molecule has 3 heterocycles. The van der Waals surface area contributed by atoms with Gasteiger partial charge in [0, 0.05) is 19.3 Å². The zero-order chi connectivity index (χ0) is 16.7. The topological polar surface area (TPSA) is 82.2 Å². The molecule has 0 radical (unpaired) electrons. The summed E-state index contributed by atoms with van der Waals surface area (Å²) in [5, 5.41) is 11.4. The predicted octanol–water partition coefficient (Wildman–Crippen LogP) is 1.94. The zero-order valence-corrected chi connectivity index (χ0v) is 14.0. The van der Waals surface area contributed by atoms with Crippen LogP contribution in [0.3, 0.4) is 0 Å². The Hall–Kier alpha value is -2.15. The number of aryl methyl sites for hydroxylation is 2. The van der Waals surface area contributed by atoms with Crippen LogP contribution in [0.1, 0.15) is 52.0 Å². The minimum atomic E-state index is -0.196. The monoisotopic (exact) mass is 330 g/mol. The van der Waals surface area contributed by atoms with Crippen LogP contribution in [0, 0.1) is 19.8 Å². The quantitative estimate of drug-likeness (QED) is 0.906. The number of carbonyl (C=O) groups is 1. The number of ether oxygens (including phenoxy) is 1. The van der Waals surface area contributed by atoms with Gasteiger partial charge in [0.15, 0.2) is 0 Å². The van der Waals surface area contributed by atoms with E-state index >= 15 is 0 Å². The summed E-state index contributed by atoms with van der Waals surface area (Å²) in [6, 6.07) is 0. The molecule has 0 bridgehead atoms. The van der Waals surface area contributed by atoms with E-state index in [1.165, 1.54) is 18.4 Å². The lowest BCUT2D eigenvalue weighted by molar-refractivity contribution is 0.0383. The Morgan fingerprint density at radius 1 is 1.42 bits per heavy atom. The van der Waals surface area contributed by atoms with E-state index in [0.717, 1.165) is 24.6 Å². The molecule has 128 valence electrons. The molecule has 1 atom stereocenters. The summed E-state index contributed by atoms with van der Waals surface area (Å²) in [4.78, 5) is 12.4. The van der Waals surface area contributed by atoms with E-state index in [0.29, 0.717) is 30.2 Å². The summed E-state index contributed by atoms with van der Waals surface area (Å²) >= 11 is 0. The van der Waals surface area contributed by atoms with Gasteiger partial charge >= 0.3 is 0 Å². The molecule has 1 aliphatic carbocycles. The molecular formula is C17H22N4O3. The lowest BCUT2D eigenvalue weighted by atomic mass is 10.1. The second-order valence-electron chi connectivity index (χ2n) is 6.72. The standard InChI is InChI=1S/C17H22N4O3/c1-10-15(11(2)24-20-10)17(22)18-7-14-16-13(5-6-23-14)9-21(19-16)8-12-3-4-12/h9,12,14H,3-8H2,1-2H3,(H,18,22). The maximum absolute atomic E-state index is 12.4. The molecule has 1 saturated carbocycles. The lowest BCUT2D eigenvalue weighted by Crippen LogP contribution is -2.32. The van der Waals surface area contributed by atoms with Crippen LogP contribution >= 0.6 is 0 Å². The van der Waals surface area contributed by atoms with E-state index in [9.17, 15) is 4.79 Å². The average molecular weight is 330 g/mol. The SMILES string of the molecule is Cc1noc(C)c1C(=O)NCC1OCCc2cn(CC3CC3)nc21. The van der Waals surface area contributed by atoms with Gasteiger partial charge in [-0.15, -0.1) is 0 Å². The number of carbonyl (C=O) groups excluding carboxylic acids is 1. The van der Waals surface area contributed by atoms with Crippen molar-refractivity contribution in [3.8, 4) is 0 Å². The van der Waals surface area contributed by atoms with Gasteiger partial charge in [-0.2, -0.15) is 5.10 Å². The molecule has 0 saturated heterocycles. The van der Waals surface area contributed by atoms with Crippen molar-refractivity contribution in [2.24, 2.45) is 5.92 Å². The van der Waals surface area contributed by atoms with Gasteiger partial charge in [-0.1, -0.05) is 5.16 Å². The maximum Gasteiger partial charge on any atom is 0.256 e. The molecule has 0 aromatic carbocycles. The van der Waals surface area contributed by atoms with Crippen LogP contribution in [0.15, 0.2) is 10.7 Å². The molecule has 1 fully saturated rings. The number of hydrogen-bond acceptors (Lipinski definition) is 5. The normalized spacial score (nSPS) is 20.0. The minimum Gasteiger partial charge on any atom is -0.370 e. The second-order valence-corrected chi connectivity index (χ2v) is 6.72. The van der Waals surface area contributed by atoms with E-state index in [1.807, 2.05) is 4.68 Å². The van der Waals surface area contributed by atoms with Crippen molar-refractivity contribution in [2.45, 2.75) is 45.8 Å². The fourth-order valence-corrected chi connectivity index (χ4v) is 3.23. The minimum absolute atomic E-state index is 0.181. The molecule has 2 aromatic rings. The van der Waals surface area contributed by atoms with Gasteiger partial charge in [-0.05, 0) is 44.6 Å². The summed E-state index contributed by atoms with van der Waals surface area (Å²) in [6.07, 6.45) is 5.43. The van der Waals surface area contributed by atoms with Crippen LogP contribution in [0.25, 0.3) is 0 Å². The van der Waals surface area contributed by atoms with Crippen LogP contribution in [-0.4, -0.2) is 34.0 Å². The third-order valence-corrected chi connectivity index (χ3v) is 4.72. The van der Waals surface area contributed by atoms with Gasteiger partial charge in [0.2, 0.25) is 0 Å². The van der Waals surface area contributed by atoms with Crippen molar-refractivity contribution in [3.63, 3.8) is 0 Å². The molecule has 24 heavy (non-hydrogen) atoms. The smallest absolute Gasteiger partial charge is 0.256 e. The van der Waals surface area contributed by atoms with Crippen LogP contribution in [-0.2, 0) is 17.7 Å². The first kappa shape index (κ1) is 15.4. The molecule has 2 aromatic heterocycles. The fraction of sp³-hybridized carbons (Fsp3) is 0.588. The fourth-order valence-electron chi connectivity index (χ4n) is 3.23. The highest BCUT2D eigenvalue weighted by Crippen LogP contribution is 2.32. The molecule has 7 nitrogen and oxygen atoms in total. The molecule has 1 amide bonds. The zero-order valence-electron chi connectivity index (χ0n) is 14.0. The maximum atomic E-state index is 12.4. The first-order valence-electron chi connectivity index (χ1n) is 8.50. The summed E-state index contributed by atoms with van der Waals surface area (Å²) in [5.74, 6) is 1.13. The third kappa shape index (κ3) is 2.96. The van der Waals surface area contributed by atoms with Crippen molar-refractivity contribution >= 4 is 5.91 Å². The molecule has 1 aliphatic heterocycles. The van der Waals surface area contributed by atoms with Gasteiger partial charge in [0.25, 0.3) is 5.91 Å². The Balaban J connectivity index is 1.44. The Bertz CT molecular complexity index is 740. The number of rotatable bonds is 5.